The maximum absolute atomic E-state index is 13.9. The summed E-state index contributed by atoms with van der Waals surface area (Å²) in [7, 11) is 1.47. The number of nitrogens with one attached hydrogen (secondary N) is 1. The molecule has 4 nitrogen and oxygen atoms in total. The van der Waals surface area contributed by atoms with Crippen molar-refractivity contribution in [2.24, 2.45) is 0 Å². The largest absolute Gasteiger partial charge is 0.494 e. The molecule has 1 aromatic rings. The normalized spacial score (nSPS) is 25.7. The Morgan fingerprint density at radius 2 is 2.26 bits per heavy atom. The van der Waals surface area contributed by atoms with E-state index in [-0.39, 0.29) is 23.1 Å². The molecule has 2 heterocycles. The van der Waals surface area contributed by atoms with Crippen molar-refractivity contribution in [1.29, 1.82) is 0 Å². The lowest BCUT2D eigenvalue weighted by molar-refractivity contribution is -0.146. The molecule has 0 amide bonds. The Balaban J connectivity index is 1.90. The first-order chi connectivity index (χ1) is 9.26. The number of benzene rings is 1. The third kappa shape index (κ3) is 2.12. The summed E-state index contributed by atoms with van der Waals surface area (Å²) in [6.45, 7) is 3.47. The monoisotopic (exact) mass is 267 g/mol. The summed E-state index contributed by atoms with van der Waals surface area (Å²) in [5.41, 5.74) is 0.686. The topological polar surface area (TPSA) is 39.7 Å². The predicted octanol–water partition coefficient (Wildman–Crippen LogP) is 1.09. The molecule has 2 aliphatic rings. The number of morpholine rings is 1. The highest BCUT2D eigenvalue weighted by Gasteiger charge is 2.48. The molecule has 2 saturated heterocycles. The summed E-state index contributed by atoms with van der Waals surface area (Å²) in [4.78, 5) is 0. The highest BCUT2D eigenvalue weighted by atomic mass is 19.1. The van der Waals surface area contributed by atoms with Crippen molar-refractivity contribution in [2.75, 3.05) is 40.0 Å². The van der Waals surface area contributed by atoms with Gasteiger partial charge in [-0.3, -0.25) is 0 Å². The van der Waals surface area contributed by atoms with Crippen molar-refractivity contribution in [3.63, 3.8) is 0 Å². The Kier molecular flexibility index (Phi) is 3.43. The van der Waals surface area contributed by atoms with Crippen LogP contribution in [0.3, 0.4) is 0 Å². The van der Waals surface area contributed by atoms with E-state index in [0.717, 1.165) is 18.7 Å². The van der Waals surface area contributed by atoms with Gasteiger partial charge in [0.1, 0.15) is 0 Å². The SMILES string of the molecule is COc1ccc(C2(C3CNCCO3)COC2)cc1F. The molecule has 0 radical (unpaired) electrons. The van der Waals surface area contributed by atoms with Crippen LogP contribution in [0.2, 0.25) is 0 Å². The molecule has 1 unspecified atom stereocenters. The number of halogens is 1. The van der Waals surface area contributed by atoms with Crippen molar-refractivity contribution in [3.05, 3.63) is 29.6 Å². The van der Waals surface area contributed by atoms with Gasteiger partial charge in [0.15, 0.2) is 11.6 Å². The fraction of sp³-hybridized carbons (Fsp3) is 0.571. The zero-order valence-electron chi connectivity index (χ0n) is 10.9. The van der Waals surface area contributed by atoms with Crippen LogP contribution in [0.15, 0.2) is 18.2 Å². The van der Waals surface area contributed by atoms with Crippen LogP contribution in [0, 0.1) is 5.82 Å². The average molecular weight is 267 g/mol. The molecule has 0 aliphatic carbocycles. The molecule has 2 fully saturated rings. The van der Waals surface area contributed by atoms with Gasteiger partial charge in [-0.15, -0.1) is 0 Å². The quantitative estimate of drug-likeness (QED) is 0.890. The van der Waals surface area contributed by atoms with Gasteiger partial charge in [0.25, 0.3) is 0 Å². The molecule has 1 atom stereocenters. The zero-order chi connectivity index (χ0) is 13.3. The fourth-order valence-corrected chi connectivity index (χ4v) is 2.76. The van der Waals surface area contributed by atoms with E-state index in [1.165, 1.54) is 7.11 Å². The second-order valence-corrected chi connectivity index (χ2v) is 5.06. The minimum Gasteiger partial charge on any atom is -0.494 e. The van der Waals surface area contributed by atoms with Crippen molar-refractivity contribution in [1.82, 2.24) is 5.32 Å². The molecular formula is C14H18FNO3. The van der Waals surface area contributed by atoms with Gasteiger partial charge < -0.3 is 19.5 Å². The van der Waals surface area contributed by atoms with E-state index in [1.807, 2.05) is 6.07 Å². The summed E-state index contributed by atoms with van der Waals surface area (Å²) in [5.74, 6) is -0.0723. The van der Waals surface area contributed by atoms with Crippen LogP contribution < -0.4 is 10.1 Å². The van der Waals surface area contributed by atoms with E-state index in [4.69, 9.17) is 14.2 Å². The van der Waals surface area contributed by atoms with Gasteiger partial charge in [-0.05, 0) is 17.7 Å². The van der Waals surface area contributed by atoms with E-state index < -0.39 is 0 Å². The van der Waals surface area contributed by atoms with Crippen LogP contribution in [-0.4, -0.2) is 46.1 Å². The highest BCUT2D eigenvalue weighted by Crippen LogP contribution is 2.39. The van der Waals surface area contributed by atoms with Crippen LogP contribution in [0.1, 0.15) is 5.56 Å². The number of ether oxygens (including phenoxy) is 3. The Hall–Kier alpha value is -1.17. The lowest BCUT2D eigenvalue weighted by Crippen LogP contribution is -2.61. The van der Waals surface area contributed by atoms with Crippen molar-refractivity contribution >= 4 is 0 Å². The predicted molar refractivity (Wildman–Crippen MR) is 68.1 cm³/mol. The van der Waals surface area contributed by atoms with Gasteiger partial charge in [0.2, 0.25) is 0 Å². The lowest BCUT2D eigenvalue weighted by atomic mass is 9.73. The molecule has 0 spiro atoms. The summed E-state index contributed by atoms with van der Waals surface area (Å²) in [6.07, 6.45) is 0.0304. The molecule has 2 aliphatic heterocycles. The van der Waals surface area contributed by atoms with Crippen LogP contribution in [0.5, 0.6) is 5.75 Å². The van der Waals surface area contributed by atoms with E-state index in [9.17, 15) is 4.39 Å². The average Bonchev–Trinajstić information content (AvgIpc) is 2.39. The first-order valence-corrected chi connectivity index (χ1v) is 6.50. The third-order valence-electron chi connectivity index (χ3n) is 3.99. The maximum atomic E-state index is 13.9. The van der Waals surface area contributed by atoms with Gasteiger partial charge in [0, 0.05) is 13.1 Å². The maximum Gasteiger partial charge on any atom is 0.165 e. The van der Waals surface area contributed by atoms with Crippen molar-refractivity contribution < 1.29 is 18.6 Å². The molecule has 0 aromatic heterocycles. The number of rotatable bonds is 3. The smallest absolute Gasteiger partial charge is 0.165 e. The fourth-order valence-electron chi connectivity index (χ4n) is 2.76. The first-order valence-electron chi connectivity index (χ1n) is 6.50. The lowest BCUT2D eigenvalue weighted by Gasteiger charge is -2.48. The molecule has 104 valence electrons. The molecular weight excluding hydrogens is 249 g/mol. The van der Waals surface area contributed by atoms with Gasteiger partial charge in [0.05, 0.1) is 38.4 Å². The molecule has 0 saturated carbocycles. The molecule has 5 heteroatoms. The van der Waals surface area contributed by atoms with Gasteiger partial charge >= 0.3 is 0 Å². The molecule has 0 bridgehead atoms. The van der Waals surface area contributed by atoms with Gasteiger partial charge in [-0.2, -0.15) is 0 Å². The van der Waals surface area contributed by atoms with E-state index >= 15 is 0 Å². The Morgan fingerprint density at radius 1 is 1.42 bits per heavy atom. The Morgan fingerprint density at radius 3 is 2.79 bits per heavy atom. The number of hydrogen-bond acceptors (Lipinski definition) is 4. The molecule has 3 rings (SSSR count). The summed E-state index contributed by atoms with van der Waals surface area (Å²) < 4.78 is 30.1. The molecule has 1 aromatic carbocycles. The summed E-state index contributed by atoms with van der Waals surface area (Å²) in [5, 5.41) is 3.32. The van der Waals surface area contributed by atoms with E-state index in [0.29, 0.717) is 19.8 Å². The van der Waals surface area contributed by atoms with E-state index in [1.54, 1.807) is 12.1 Å². The second kappa shape index (κ2) is 5.07. The number of hydrogen-bond donors (Lipinski definition) is 1. The van der Waals surface area contributed by atoms with Crippen LogP contribution >= 0.6 is 0 Å². The second-order valence-electron chi connectivity index (χ2n) is 5.06. The Bertz CT molecular complexity index is 456. The zero-order valence-corrected chi connectivity index (χ0v) is 10.9. The summed E-state index contributed by atoms with van der Waals surface area (Å²) >= 11 is 0. The van der Waals surface area contributed by atoms with Crippen LogP contribution in [-0.2, 0) is 14.9 Å². The minimum absolute atomic E-state index is 0.0304. The summed E-state index contributed by atoms with van der Waals surface area (Å²) in [6, 6.07) is 5.11. The van der Waals surface area contributed by atoms with Gasteiger partial charge in [-0.1, -0.05) is 6.07 Å². The van der Waals surface area contributed by atoms with Crippen molar-refractivity contribution in [3.8, 4) is 5.75 Å². The molecule has 1 N–H and O–H groups in total. The van der Waals surface area contributed by atoms with Crippen LogP contribution in [0.4, 0.5) is 4.39 Å². The van der Waals surface area contributed by atoms with E-state index in [2.05, 4.69) is 5.32 Å². The number of methoxy groups -OCH3 is 1. The standard InChI is InChI=1S/C14H18FNO3/c1-17-12-3-2-10(6-11(12)15)14(8-18-9-14)13-7-16-4-5-19-13/h2-3,6,13,16H,4-5,7-9H2,1H3. The molecule has 19 heavy (non-hydrogen) atoms. The minimum atomic E-state index is -0.338. The van der Waals surface area contributed by atoms with Gasteiger partial charge in [-0.25, -0.2) is 4.39 Å². The highest BCUT2D eigenvalue weighted by molar-refractivity contribution is 5.36. The first kappa shape index (κ1) is 12.8. The Labute approximate surface area is 111 Å². The van der Waals surface area contributed by atoms with Crippen molar-refractivity contribution in [2.45, 2.75) is 11.5 Å². The van der Waals surface area contributed by atoms with Crippen LogP contribution in [0.25, 0.3) is 0 Å². The third-order valence-corrected chi connectivity index (χ3v) is 3.99.